The van der Waals surface area contributed by atoms with E-state index >= 15 is 0 Å². The molecule has 6 heteroatoms. The average Bonchev–Trinajstić information content (AvgIpc) is 2.10. The van der Waals surface area contributed by atoms with E-state index in [2.05, 4.69) is 9.51 Å². The summed E-state index contributed by atoms with van der Waals surface area (Å²) in [5.74, 6) is 9.85. The van der Waals surface area contributed by atoms with E-state index < -0.39 is 7.12 Å². The normalized spacial score (nSPS) is 9.83. The van der Waals surface area contributed by atoms with Crippen LogP contribution >= 0.6 is 0 Å². The Morgan fingerprint density at radius 1 is 1.08 bits per heavy atom. The first-order chi connectivity index (χ1) is 5.79. The third kappa shape index (κ3) is 1.74. The van der Waals surface area contributed by atoms with Gasteiger partial charge >= 0.3 is 7.12 Å². The molecule has 0 saturated heterocycles. The third-order valence-corrected chi connectivity index (χ3v) is 1.50. The second kappa shape index (κ2) is 4.08. The molecule has 0 aliphatic carbocycles. The Hall–Kier alpha value is -1.08. The van der Waals surface area contributed by atoms with Gasteiger partial charge in [-0.3, -0.25) is 0 Å². The average molecular weight is 167 g/mol. The molecule has 1 aromatic carbocycles. The Bertz CT molecular complexity index is 254. The van der Waals surface area contributed by atoms with Crippen molar-refractivity contribution in [2.75, 3.05) is 5.73 Å². The predicted molar refractivity (Wildman–Crippen MR) is 46.8 cm³/mol. The van der Waals surface area contributed by atoms with Crippen LogP contribution in [0.5, 0.6) is 0 Å². The van der Waals surface area contributed by atoms with Gasteiger partial charge in [0.15, 0.2) is 0 Å². The summed E-state index contributed by atoms with van der Waals surface area (Å²) in [4.78, 5) is 0. The van der Waals surface area contributed by atoms with Gasteiger partial charge in [-0.1, -0.05) is 18.2 Å². The zero-order valence-corrected chi connectivity index (χ0v) is 6.44. The number of nitrogens with two attached hydrogens (primary N) is 3. The van der Waals surface area contributed by atoms with Crippen LogP contribution in [0.25, 0.3) is 0 Å². The van der Waals surface area contributed by atoms with Crippen LogP contribution < -0.4 is 23.0 Å². The minimum Gasteiger partial charge on any atom is -0.399 e. The maximum Gasteiger partial charge on any atom is 0.530 e. The van der Waals surface area contributed by atoms with Gasteiger partial charge in [0.05, 0.1) is 0 Å². The van der Waals surface area contributed by atoms with Crippen molar-refractivity contribution in [3.63, 3.8) is 0 Å². The Morgan fingerprint density at radius 2 is 1.67 bits per heavy atom. The fourth-order valence-corrected chi connectivity index (χ4v) is 0.904. The lowest BCUT2D eigenvalue weighted by molar-refractivity contribution is 0.216. The lowest BCUT2D eigenvalue weighted by Crippen LogP contribution is -2.42. The maximum absolute atomic E-state index is 5.60. The third-order valence-electron chi connectivity index (χ3n) is 1.50. The quantitative estimate of drug-likeness (QED) is 0.296. The second-order valence-corrected chi connectivity index (χ2v) is 2.23. The lowest BCUT2D eigenvalue weighted by Gasteiger charge is -2.08. The van der Waals surface area contributed by atoms with E-state index in [1.54, 1.807) is 24.3 Å². The van der Waals surface area contributed by atoms with Gasteiger partial charge in [0.1, 0.15) is 0 Å². The summed E-state index contributed by atoms with van der Waals surface area (Å²) >= 11 is 0. The molecule has 0 spiro atoms. The van der Waals surface area contributed by atoms with Crippen molar-refractivity contribution < 1.29 is 9.51 Å². The molecule has 0 saturated carbocycles. The number of anilines is 1. The van der Waals surface area contributed by atoms with Gasteiger partial charge in [-0.25, -0.2) is 11.8 Å². The molecule has 6 N–H and O–H groups in total. The second-order valence-electron chi connectivity index (χ2n) is 2.23. The van der Waals surface area contributed by atoms with Crippen LogP contribution in [0, 0.1) is 0 Å². The van der Waals surface area contributed by atoms with Crippen LogP contribution in [0.1, 0.15) is 0 Å². The molecule has 64 valence electrons. The fourth-order valence-electron chi connectivity index (χ4n) is 0.904. The van der Waals surface area contributed by atoms with E-state index in [0.29, 0.717) is 11.2 Å². The molecular formula is C6H10BN3O2. The smallest absolute Gasteiger partial charge is 0.399 e. The monoisotopic (exact) mass is 167 g/mol. The van der Waals surface area contributed by atoms with E-state index in [1.807, 2.05) is 0 Å². The molecule has 1 aromatic rings. The predicted octanol–water partition coefficient (Wildman–Crippen LogP) is -1.26. The van der Waals surface area contributed by atoms with E-state index in [0.717, 1.165) is 0 Å². The van der Waals surface area contributed by atoms with E-state index in [4.69, 9.17) is 17.5 Å². The Labute approximate surface area is 70.5 Å². The van der Waals surface area contributed by atoms with Crippen molar-refractivity contribution in [1.29, 1.82) is 0 Å². The zero-order chi connectivity index (χ0) is 8.97. The van der Waals surface area contributed by atoms with Crippen molar-refractivity contribution in [2.24, 2.45) is 11.8 Å². The molecule has 0 bridgehead atoms. The topological polar surface area (TPSA) is 96.5 Å². The molecule has 5 nitrogen and oxygen atoms in total. The van der Waals surface area contributed by atoms with Crippen LogP contribution in [0.15, 0.2) is 24.3 Å². The van der Waals surface area contributed by atoms with Gasteiger partial charge in [0.2, 0.25) is 0 Å². The fraction of sp³-hybridized carbons (Fsp3) is 0. The summed E-state index contributed by atoms with van der Waals surface area (Å²) in [6, 6.07) is 7.01. The zero-order valence-electron chi connectivity index (χ0n) is 6.44. The highest BCUT2D eigenvalue weighted by Gasteiger charge is 2.21. The summed E-state index contributed by atoms with van der Waals surface area (Å²) < 4.78 is 8.88. The molecule has 0 amide bonds. The molecule has 0 fully saturated rings. The van der Waals surface area contributed by atoms with E-state index in [1.165, 1.54) is 0 Å². The van der Waals surface area contributed by atoms with Crippen LogP contribution in [0.2, 0.25) is 0 Å². The molecule has 0 aromatic heterocycles. The van der Waals surface area contributed by atoms with Crippen LogP contribution in [-0.4, -0.2) is 7.12 Å². The first-order valence-corrected chi connectivity index (χ1v) is 3.35. The summed E-state index contributed by atoms with van der Waals surface area (Å²) in [6.45, 7) is 0. The Kier molecular flexibility index (Phi) is 3.06. The largest absolute Gasteiger partial charge is 0.530 e. The molecule has 0 unspecified atom stereocenters. The van der Waals surface area contributed by atoms with Crippen molar-refractivity contribution in [3.8, 4) is 0 Å². The van der Waals surface area contributed by atoms with Gasteiger partial charge in [0, 0.05) is 11.2 Å². The number of benzene rings is 1. The molecule has 0 heterocycles. The van der Waals surface area contributed by atoms with Gasteiger partial charge in [-0.2, -0.15) is 0 Å². The summed E-state index contributed by atoms with van der Waals surface area (Å²) in [7, 11) is -0.814. The van der Waals surface area contributed by atoms with Crippen molar-refractivity contribution >= 4 is 18.3 Å². The number of hydrogen-bond acceptors (Lipinski definition) is 5. The molecule has 0 aliphatic rings. The van der Waals surface area contributed by atoms with E-state index in [9.17, 15) is 0 Å². The summed E-state index contributed by atoms with van der Waals surface area (Å²) in [6.07, 6.45) is 0. The maximum atomic E-state index is 5.60. The minimum absolute atomic E-state index is 0.526. The molecule has 0 atom stereocenters. The van der Waals surface area contributed by atoms with Gasteiger partial charge in [-0.15, -0.1) is 0 Å². The van der Waals surface area contributed by atoms with Crippen LogP contribution in [0.3, 0.4) is 0 Å². The Balaban J connectivity index is 2.92. The van der Waals surface area contributed by atoms with Gasteiger partial charge in [0.25, 0.3) is 0 Å². The summed E-state index contributed by atoms with van der Waals surface area (Å²) in [5, 5.41) is 0. The Morgan fingerprint density at radius 3 is 2.17 bits per heavy atom. The highest BCUT2D eigenvalue weighted by Crippen LogP contribution is 1.98. The molecule has 1 rings (SSSR count). The van der Waals surface area contributed by atoms with Crippen molar-refractivity contribution in [3.05, 3.63) is 24.3 Å². The minimum atomic E-state index is -0.814. The highest BCUT2D eigenvalue weighted by molar-refractivity contribution is 6.62. The highest BCUT2D eigenvalue weighted by atomic mass is 16.7. The molecular weight excluding hydrogens is 157 g/mol. The van der Waals surface area contributed by atoms with Crippen LogP contribution in [0.4, 0.5) is 5.69 Å². The lowest BCUT2D eigenvalue weighted by atomic mass is 9.78. The SMILES string of the molecule is NOB(ON)c1ccccc1N. The van der Waals surface area contributed by atoms with Crippen molar-refractivity contribution in [1.82, 2.24) is 0 Å². The van der Waals surface area contributed by atoms with Crippen molar-refractivity contribution in [2.45, 2.75) is 0 Å². The number of para-hydroxylation sites is 1. The molecule has 0 radical (unpaired) electrons. The van der Waals surface area contributed by atoms with Crippen LogP contribution in [-0.2, 0) is 9.51 Å². The standard InChI is InChI=1S/C6H10BN3O2/c8-6-4-2-1-3-5(6)7(11-9)12-10/h1-4H,8-10H2. The molecule has 12 heavy (non-hydrogen) atoms. The summed E-state index contributed by atoms with van der Waals surface area (Å²) in [5.41, 5.74) is 6.74. The number of hydrogen-bond donors (Lipinski definition) is 3. The number of nitrogen functional groups attached to an aromatic ring is 1. The van der Waals surface area contributed by atoms with Gasteiger partial charge in [-0.05, 0) is 6.07 Å². The van der Waals surface area contributed by atoms with E-state index in [-0.39, 0.29) is 0 Å². The molecule has 0 aliphatic heterocycles. The van der Waals surface area contributed by atoms with Gasteiger partial charge < -0.3 is 15.2 Å². The number of rotatable bonds is 3. The first-order valence-electron chi connectivity index (χ1n) is 3.35. The first kappa shape index (κ1) is 9.02.